The van der Waals surface area contributed by atoms with E-state index in [0.717, 1.165) is 6.42 Å². The highest BCUT2D eigenvalue weighted by Gasteiger charge is 2.32. The van der Waals surface area contributed by atoms with Crippen LogP contribution in [0.2, 0.25) is 5.02 Å². The molecule has 2 unspecified atom stereocenters. The van der Waals surface area contributed by atoms with Crippen LogP contribution < -0.4 is 5.32 Å². The number of carbonyl (C=O) groups excluding carboxylic acids is 1. The summed E-state index contributed by atoms with van der Waals surface area (Å²) in [6.07, 6.45) is 1.09. The standard InChI is InChI=1S/C12H12BrCl2NO3S/c1-6-2-7(6)5-16-12(17)9-3-8(13)4-10(11(9)14)20(15,18)19/h3-4,6-7H,2,5H2,1H3,(H,16,17). The largest absolute Gasteiger partial charge is 0.352 e. The highest BCUT2D eigenvalue weighted by molar-refractivity contribution is 9.10. The van der Waals surface area contributed by atoms with E-state index < -0.39 is 15.0 Å². The molecule has 4 nitrogen and oxygen atoms in total. The van der Waals surface area contributed by atoms with E-state index in [4.69, 9.17) is 22.3 Å². The number of hydrogen-bond donors (Lipinski definition) is 1. The van der Waals surface area contributed by atoms with Gasteiger partial charge in [0.2, 0.25) is 0 Å². The van der Waals surface area contributed by atoms with Crippen LogP contribution >= 0.6 is 38.2 Å². The van der Waals surface area contributed by atoms with Crippen LogP contribution in [0.5, 0.6) is 0 Å². The van der Waals surface area contributed by atoms with Crippen LogP contribution in [0.25, 0.3) is 0 Å². The molecule has 1 fully saturated rings. The molecule has 0 radical (unpaired) electrons. The van der Waals surface area contributed by atoms with E-state index >= 15 is 0 Å². The Morgan fingerprint density at radius 2 is 2.10 bits per heavy atom. The number of hydrogen-bond acceptors (Lipinski definition) is 3. The summed E-state index contributed by atoms with van der Waals surface area (Å²) in [4.78, 5) is 11.8. The zero-order valence-electron chi connectivity index (χ0n) is 10.5. The molecule has 0 spiro atoms. The lowest BCUT2D eigenvalue weighted by Gasteiger charge is -2.09. The van der Waals surface area contributed by atoms with E-state index in [0.29, 0.717) is 22.9 Å². The molecule has 2 rings (SSSR count). The van der Waals surface area contributed by atoms with Gasteiger partial charge >= 0.3 is 0 Å². The van der Waals surface area contributed by atoms with Crippen LogP contribution in [0.4, 0.5) is 0 Å². The summed E-state index contributed by atoms with van der Waals surface area (Å²) in [5.74, 6) is 0.699. The van der Waals surface area contributed by atoms with Gasteiger partial charge in [-0.2, -0.15) is 0 Å². The highest BCUT2D eigenvalue weighted by Crippen LogP contribution is 2.37. The van der Waals surface area contributed by atoms with E-state index in [1.807, 2.05) is 0 Å². The minimum absolute atomic E-state index is 0.0913. The monoisotopic (exact) mass is 399 g/mol. The van der Waals surface area contributed by atoms with Crippen molar-refractivity contribution in [3.63, 3.8) is 0 Å². The molecule has 1 N–H and O–H groups in total. The lowest BCUT2D eigenvalue weighted by molar-refractivity contribution is 0.0951. The summed E-state index contributed by atoms with van der Waals surface area (Å²) in [6, 6.07) is 2.74. The smallest absolute Gasteiger partial charge is 0.262 e. The minimum atomic E-state index is -4.01. The van der Waals surface area contributed by atoms with Crippen LogP contribution in [-0.4, -0.2) is 20.9 Å². The molecule has 20 heavy (non-hydrogen) atoms. The zero-order valence-corrected chi connectivity index (χ0v) is 14.4. The van der Waals surface area contributed by atoms with Crippen molar-refractivity contribution in [3.8, 4) is 0 Å². The Morgan fingerprint density at radius 1 is 1.50 bits per heavy atom. The first-order valence-electron chi connectivity index (χ1n) is 5.92. The van der Waals surface area contributed by atoms with Crippen molar-refractivity contribution in [1.82, 2.24) is 5.32 Å². The van der Waals surface area contributed by atoms with E-state index in [2.05, 4.69) is 28.2 Å². The van der Waals surface area contributed by atoms with Crippen molar-refractivity contribution in [3.05, 3.63) is 27.2 Å². The fourth-order valence-corrected chi connectivity index (χ4v) is 4.09. The lowest BCUT2D eigenvalue weighted by atomic mass is 10.2. The molecule has 1 amide bonds. The topological polar surface area (TPSA) is 63.2 Å². The average Bonchev–Trinajstić information content (AvgIpc) is 3.03. The summed E-state index contributed by atoms with van der Waals surface area (Å²) in [7, 11) is 1.29. The molecular formula is C12H12BrCl2NO3S. The summed E-state index contributed by atoms with van der Waals surface area (Å²) in [5.41, 5.74) is 0.0913. The van der Waals surface area contributed by atoms with Crippen molar-refractivity contribution >= 4 is 53.2 Å². The van der Waals surface area contributed by atoms with E-state index in [1.165, 1.54) is 12.1 Å². The average molecular weight is 401 g/mol. The van der Waals surface area contributed by atoms with Crippen molar-refractivity contribution in [2.24, 2.45) is 11.8 Å². The quantitative estimate of drug-likeness (QED) is 0.787. The van der Waals surface area contributed by atoms with Crippen molar-refractivity contribution in [2.45, 2.75) is 18.2 Å². The molecule has 1 saturated carbocycles. The third-order valence-corrected chi connectivity index (χ3v) is 5.64. The molecule has 110 valence electrons. The number of halogens is 3. The Bertz CT molecular complexity index is 663. The molecule has 1 aromatic rings. The van der Waals surface area contributed by atoms with Gasteiger partial charge in [-0.25, -0.2) is 8.42 Å². The number of benzene rings is 1. The molecule has 1 aliphatic rings. The second kappa shape index (κ2) is 5.83. The van der Waals surface area contributed by atoms with E-state index in [9.17, 15) is 13.2 Å². The first-order chi connectivity index (χ1) is 9.20. The van der Waals surface area contributed by atoms with Gasteiger partial charge in [0.1, 0.15) is 4.90 Å². The molecule has 1 aromatic carbocycles. The second-order valence-electron chi connectivity index (χ2n) is 4.89. The normalized spacial score (nSPS) is 21.6. The summed E-state index contributed by atoms with van der Waals surface area (Å²) >= 11 is 9.12. The number of rotatable bonds is 4. The Labute approximate surface area is 135 Å². The van der Waals surface area contributed by atoms with Crippen LogP contribution in [0.3, 0.4) is 0 Å². The van der Waals surface area contributed by atoms with Gasteiger partial charge in [-0.1, -0.05) is 34.5 Å². The number of nitrogens with one attached hydrogen (secondary N) is 1. The Kier molecular flexibility index (Phi) is 4.69. The van der Waals surface area contributed by atoms with Gasteiger partial charge in [0.15, 0.2) is 0 Å². The maximum Gasteiger partial charge on any atom is 0.262 e. The number of carbonyl (C=O) groups is 1. The maximum absolute atomic E-state index is 12.1. The van der Waals surface area contributed by atoms with E-state index in [-0.39, 0.29) is 15.5 Å². The van der Waals surface area contributed by atoms with Gasteiger partial charge in [0.25, 0.3) is 15.0 Å². The van der Waals surface area contributed by atoms with E-state index in [1.54, 1.807) is 0 Å². The van der Waals surface area contributed by atoms with Gasteiger partial charge in [-0.15, -0.1) is 0 Å². The molecule has 8 heteroatoms. The first kappa shape index (κ1) is 16.1. The Morgan fingerprint density at radius 3 is 2.60 bits per heavy atom. The number of amides is 1. The Balaban J connectivity index is 2.26. The third-order valence-electron chi connectivity index (χ3n) is 3.31. The van der Waals surface area contributed by atoms with Gasteiger partial charge in [0, 0.05) is 21.7 Å². The van der Waals surface area contributed by atoms with Gasteiger partial charge in [-0.3, -0.25) is 4.79 Å². The predicted molar refractivity (Wildman–Crippen MR) is 81.8 cm³/mol. The molecule has 2 atom stereocenters. The zero-order chi connectivity index (χ0) is 15.1. The minimum Gasteiger partial charge on any atom is -0.352 e. The lowest BCUT2D eigenvalue weighted by Crippen LogP contribution is -2.26. The van der Waals surface area contributed by atoms with Crippen LogP contribution in [0, 0.1) is 11.8 Å². The first-order valence-corrected chi connectivity index (χ1v) is 9.40. The Hall–Kier alpha value is -0.300. The molecule has 0 bridgehead atoms. The molecule has 1 aliphatic carbocycles. The maximum atomic E-state index is 12.1. The fraction of sp³-hybridized carbons (Fsp3) is 0.417. The molecule has 0 aliphatic heterocycles. The van der Waals surface area contributed by atoms with Crippen LogP contribution in [0.15, 0.2) is 21.5 Å². The van der Waals surface area contributed by atoms with Crippen molar-refractivity contribution in [1.29, 1.82) is 0 Å². The van der Waals surface area contributed by atoms with Gasteiger partial charge in [0.05, 0.1) is 10.6 Å². The van der Waals surface area contributed by atoms with Crippen LogP contribution in [-0.2, 0) is 9.05 Å². The summed E-state index contributed by atoms with van der Waals surface area (Å²) < 4.78 is 23.3. The highest BCUT2D eigenvalue weighted by atomic mass is 79.9. The fourth-order valence-electron chi connectivity index (χ4n) is 1.91. The van der Waals surface area contributed by atoms with Crippen molar-refractivity contribution < 1.29 is 13.2 Å². The second-order valence-corrected chi connectivity index (χ2v) is 8.71. The molecule has 0 saturated heterocycles. The van der Waals surface area contributed by atoms with Gasteiger partial charge < -0.3 is 5.32 Å². The van der Waals surface area contributed by atoms with Gasteiger partial charge in [-0.05, 0) is 30.4 Å². The molecular weight excluding hydrogens is 389 g/mol. The van der Waals surface area contributed by atoms with Crippen LogP contribution in [0.1, 0.15) is 23.7 Å². The SMILES string of the molecule is CC1CC1CNC(=O)c1cc(Br)cc(S(=O)(=O)Cl)c1Cl. The third kappa shape index (κ3) is 3.67. The summed E-state index contributed by atoms with van der Waals surface area (Å²) in [5, 5.41) is 2.59. The predicted octanol–water partition coefficient (Wildman–Crippen LogP) is 3.42. The molecule has 0 aromatic heterocycles. The van der Waals surface area contributed by atoms with Crippen molar-refractivity contribution in [2.75, 3.05) is 6.54 Å². The summed E-state index contributed by atoms with van der Waals surface area (Å²) in [6.45, 7) is 2.67. The molecule has 0 heterocycles.